The molecule has 0 fully saturated rings. The maximum absolute atomic E-state index is 10.8. The second-order valence-electron chi connectivity index (χ2n) is 1.76. The average Bonchev–Trinajstić information content (AvgIpc) is 2.36. The minimum Gasteiger partial charge on any atom is -0.460 e. The van der Waals surface area contributed by atoms with Crippen LogP contribution in [0.5, 0.6) is 0 Å². The molecule has 0 saturated heterocycles. The summed E-state index contributed by atoms with van der Waals surface area (Å²) in [6, 6.07) is 0. The maximum Gasteiger partial charge on any atom is 0.377 e. The molecule has 1 aliphatic rings. The minimum absolute atomic E-state index is 0.112. The first-order valence-corrected chi connectivity index (χ1v) is 3.11. The quantitative estimate of drug-likeness (QED) is 0.562. The molecule has 0 aromatic heterocycles. The van der Waals surface area contributed by atoms with Gasteiger partial charge in [0, 0.05) is 0 Å². The van der Waals surface area contributed by atoms with E-state index >= 15 is 0 Å². The lowest BCUT2D eigenvalue weighted by molar-refractivity contribution is -0.193. The van der Waals surface area contributed by atoms with Gasteiger partial charge in [0.2, 0.25) is 5.76 Å². The molecule has 0 amide bonds. The molecule has 0 spiro atoms. The lowest BCUT2D eigenvalue weighted by Gasteiger charge is -2.03. The van der Waals surface area contributed by atoms with E-state index in [0.717, 1.165) is 6.26 Å². The lowest BCUT2D eigenvalue weighted by Crippen LogP contribution is -2.12. The van der Waals surface area contributed by atoms with E-state index in [9.17, 15) is 4.79 Å². The van der Waals surface area contributed by atoms with Gasteiger partial charge in [0.25, 0.3) is 0 Å². The van der Waals surface area contributed by atoms with E-state index in [4.69, 9.17) is 5.11 Å². The zero-order chi connectivity index (χ0) is 8.27. The molecule has 5 nitrogen and oxygen atoms in total. The molecular weight excluding hydrogens is 152 g/mol. The Labute approximate surface area is 63.2 Å². The smallest absolute Gasteiger partial charge is 0.377 e. The van der Waals surface area contributed by atoms with Gasteiger partial charge in [-0.05, 0) is 6.92 Å². The Hall–Kier alpha value is -1.23. The molecule has 0 radical (unpaired) electrons. The van der Waals surface area contributed by atoms with Gasteiger partial charge < -0.3 is 19.3 Å². The molecule has 0 aromatic carbocycles. The van der Waals surface area contributed by atoms with Crippen molar-refractivity contribution in [2.75, 3.05) is 6.61 Å². The molecule has 1 aliphatic heterocycles. The van der Waals surface area contributed by atoms with Crippen molar-refractivity contribution < 1.29 is 24.1 Å². The highest BCUT2D eigenvalue weighted by Crippen LogP contribution is 2.12. The summed E-state index contributed by atoms with van der Waals surface area (Å²) in [4.78, 5) is 10.8. The third kappa shape index (κ3) is 1.84. The standard InChI is InChI=1S/C6H8O5/c1-2-9-5(7)4-3-10-6(8)11-4/h3,6,8H,2H2,1H3. The number of hydrogen-bond acceptors (Lipinski definition) is 5. The van der Waals surface area contributed by atoms with Crippen LogP contribution in [0.4, 0.5) is 0 Å². The highest BCUT2D eigenvalue weighted by molar-refractivity contribution is 5.86. The zero-order valence-corrected chi connectivity index (χ0v) is 5.94. The van der Waals surface area contributed by atoms with Crippen molar-refractivity contribution in [2.24, 2.45) is 0 Å². The summed E-state index contributed by atoms with van der Waals surface area (Å²) in [6.45, 7) is 0.551. The Kier molecular flexibility index (Phi) is 2.32. The molecule has 1 N–H and O–H groups in total. The first kappa shape index (κ1) is 7.87. The number of aliphatic hydroxyl groups excluding tert-OH is 1. The Morgan fingerprint density at radius 2 is 2.64 bits per heavy atom. The SMILES string of the molecule is CCOC(=O)C1=COC(O)O1. The molecule has 1 rings (SSSR count). The van der Waals surface area contributed by atoms with Crippen molar-refractivity contribution in [1.82, 2.24) is 0 Å². The van der Waals surface area contributed by atoms with Crippen LogP contribution in [0.3, 0.4) is 0 Å². The van der Waals surface area contributed by atoms with Crippen molar-refractivity contribution in [3.05, 3.63) is 12.0 Å². The monoisotopic (exact) mass is 160 g/mol. The van der Waals surface area contributed by atoms with E-state index in [1.165, 1.54) is 0 Å². The fourth-order valence-corrected chi connectivity index (χ4v) is 0.583. The van der Waals surface area contributed by atoms with Gasteiger partial charge in [0.05, 0.1) is 6.61 Å². The van der Waals surface area contributed by atoms with Crippen LogP contribution < -0.4 is 0 Å². The van der Waals surface area contributed by atoms with Crippen LogP contribution >= 0.6 is 0 Å². The van der Waals surface area contributed by atoms with Gasteiger partial charge in [-0.25, -0.2) is 4.79 Å². The summed E-state index contributed by atoms with van der Waals surface area (Å²) in [6.07, 6.45) is 1.02. The predicted octanol–water partition coefficient (Wildman–Crippen LogP) is -0.286. The van der Waals surface area contributed by atoms with E-state index in [2.05, 4.69) is 14.2 Å². The molecule has 1 heterocycles. The van der Waals surface area contributed by atoms with E-state index in [1.807, 2.05) is 0 Å². The Bertz CT molecular complexity index is 185. The van der Waals surface area contributed by atoms with Gasteiger partial charge in [0.1, 0.15) is 6.26 Å². The number of ether oxygens (including phenoxy) is 3. The summed E-state index contributed by atoms with van der Waals surface area (Å²) >= 11 is 0. The van der Waals surface area contributed by atoms with Crippen molar-refractivity contribution >= 4 is 5.97 Å². The number of hydrogen-bond donors (Lipinski definition) is 1. The molecule has 5 heteroatoms. The number of rotatable bonds is 2. The molecule has 0 bridgehead atoms. The Morgan fingerprint density at radius 1 is 1.91 bits per heavy atom. The first-order valence-electron chi connectivity index (χ1n) is 3.11. The van der Waals surface area contributed by atoms with Gasteiger partial charge in [-0.1, -0.05) is 0 Å². The Balaban J connectivity index is 2.43. The predicted molar refractivity (Wildman–Crippen MR) is 32.9 cm³/mol. The van der Waals surface area contributed by atoms with Crippen molar-refractivity contribution in [3.8, 4) is 0 Å². The summed E-state index contributed by atoms with van der Waals surface area (Å²) in [7, 11) is 0. The van der Waals surface area contributed by atoms with Crippen LogP contribution in [-0.2, 0) is 19.0 Å². The van der Waals surface area contributed by atoms with Crippen molar-refractivity contribution in [2.45, 2.75) is 13.4 Å². The fourth-order valence-electron chi connectivity index (χ4n) is 0.583. The van der Waals surface area contributed by atoms with Gasteiger partial charge in [-0.15, -0.1) is 0 Å². The third-order valence-corrected chi connectivity index (χ3v) is 0.996. The van der Waals surface area contributed by atoms with Crippen LogP contribution in [-0.4, -0.2) is 24.2 Å². The van der Waals surface area contributed by atoms with Crippen LogP contribution in [0.1, 0.15) is 6.92 Å². The molecule has 0 aromatic rings. The lowest BCUT2D eigenvalue weighted by atomic mass is 10.5. The minimum atomic E-state index is -1.38. The van der Waals surface area contributed by atoms with E-state index in [0.29, 0.717) is 0 Å². The summed E-state index contributed by atoms with van der Waals surface area (Å²) < 4.78 is 13.4. The van der Waals surface area contributed by atoms with Gasteiger partial charge in [-0.2, -0.15) is 0 Å². The number of carbonyl (C=O) groups excluding carboxylic acids is 1. The molecule has 11 heavy (non-hydrogen) atoms. The maximum atomic E-state index is 10.8. The highest BCUT2D eigenvalue weighted by atomic mass is 16.8. The number of aliphatic hydroxyl groups is 1. The normalized spacial score (nSPS) is 21.6. The van der Waals surface area contributed by atoms with Crippen molar-refractivity contribution in [3.63, 3.8) is 0 Å². The van der Waals surface area contributed by atoms with E-state index in [-0.39, 0.29) is 12.4 Å². The third-order valence-electron chi connectivity index (χ3n) is 0.996. The average molecular weight is 160 g/mol. The molecule has 0 saturated carbocycles. The molecule has 1 atom stereocenters. The number of esters is 1. The van der Waals surface area contributed by atoms with Crippen LogP contribution in [0.15, 0.2) is 12.0 Å². The zero-order valence-electron chi connectivity index (χ0n) is 5.94. The van der Waals surface area contributed by atoms with Crippen LogP contribution in [0.2, 0.25) is 0 Å². The molecule has 0 aliphatic carbocycles. The fraction of sp³-hybridized carbons (Fsp3) is 0.500. The van der Waals surface area contributed by atoms with E-state index in [1.54, 1.807) is 6.92 Å². The molecule has 1 unspecified atom stereocenters. The summed E-state index contributed by atoms with van der Waals surface area (Å²) in [5.41, 5.74) is 0. The van der Waals surface area contributed by atoms with Gasteiger partial charge in [-0.3, -0.25) is 0 Å². The number of carbonyl (C=O) groups is 1. The molecule has 62 valence electrons. The first-order chi connectivity index (χ1) is 5.24. The second-order valence-corrected chi connectivity index (χ2v) is 1.76. The largest absolute Gasteiger partial charge is 0.460 e. The summed E-state index contributed by atoms with van der Waals surface area (Å²) in [5.74, 6) is -0.747. The van der Waals surface area contributed by atoms with Gasteiger partial charge >= 0.3 is 12.4 Å². The molecular formula is C6H8O5. The van der Waals surface area contributed by atoms with Crippen LogP contribution in [0.25, 0.3) is 0 Å². The second kappa shape index (κ2) is 3.25. The summed E-state index contributed by atoms with van der Waals surface area (Å²) in [5, 5.41) is 8.61. The van der Waals surface area contributed by atoms with E-state index < -0.39 is 12.4 Å². The van der Waals surface area contributed by atoms with Crippen LogP contribution in [0, 0.1) is 0 Å². The van der Waals surface area contributed by atoms with Crippen molar-refractivity contribution in [1.29, 1.82) is 0 Å². The highest BCUT2D eigenvalue weighted by Gasteiger charge is 2.23. The van der Waals surface area contributed by atoms with Gasteiger partial charge in [0.15, 0.2) is 0 Å². The topological polar surface area (TPSA) is 65.0 Å². The Morgan fingerprint density at radius 3 is 3.09 bits per heavy atom.